The first-order valence-corrected chi connectivity index (χ1v) is 27.7. The molecule has 0 saturated heterocycles. The van der Waals surface area contributed by atoms with Gasteiger partial charge in [-0.05, 0) is 138 Å². The first-order valence-electron chi connectivity index (χ1n) is 24.5. The number of hydrogen-bond donors (Lipinski definition) is 2. The van der Waals surface area contributed by atoms with Crippen molar-refractivity contribution in [2.75, 3.05) is 0 Å². The fourth-order valence-corrected chi connectivity index (χ4v) is 15.4. The van der Waals surface area contributed by atoms with Crippen molar-refractivity contribution in [3.05, 3.63) is 230 Å². The van der Waals surface area contributed by atoms with Crippen molar-refractivity contribution in [1.82, 2.24) is 0 Å². The zero-order chi connectivity index (χ0) is 49.3. The Bertz CT molecular complexity index is 3990. The predicted octanol–water partition coefficient (Wildman–Crippen LogP) is 19.1. The molecule has 0 spiro atoms. The van der Waals surface area contributed by atoms with Crippen LogP contribution in [0, 0.1) is 0 Å². The van der Waals surface area contributed by atoms with Gasteiger partial charge >= 0.3 is 0 Å². The molecule has 2 aliphatic heterocycles. The summed E-state index contributed by atoms with van der Waals surface area (Å²) in [6, 6.07) is 76.7. The van der Waals surface area contributed by atoms with Crippen molar-refractivity contribution in [1.29, 1.82) is 0 Å². The highest BCUT2D eigenvalue weighted by Crippen LogP contribution is 2.55. The molecule has 2 heterocycles. The minimum atomic E-state index is -0.0814. The SMILES string of the molecule is OCc1ccc(Oc2ccc3cc(-c4cccc5c4Sc4ccccc4S5)ccc3c2-c2c(Oc3ccc(CO)c4ccccc34)ccc3cc(-c4cccc5c4Sc4ccccc4S5)ccc23)c2ccccc12. The maximum absolute atomic E-state index is 10.4. The molecule has 2 N–H and O–H groups in total. The Morgan fingerprint density at radius 3 is 1.11 bits per heavy atom. The van der Waals surface area contributed by atoms with Crippen LogP contribution in [0.5, 0.6) is 23.0 Å². The van der Waals surface area contributed by atoms with E-state index in [1.807, 2.05) is 108 Å². The third-order valence-electron chi connectivity index (χ3n) is 14.1. The summed E-state index contributed by atoms with van der Waals surface area (Å²) in [5.41, 5.74) is 8.10. The van der Waals surface area contributed by atoms with Gasteiger partial charge in [-0.25, -0.2) is 0 Å². The molecule has 0 atom stereocenters. The quantitative estimate of drug-likeness (QED) is 0.148. The van der Waals surface area contributed by atoms with Gasteiger partial charge in [-0.15, -0.1) is 0 Å². The maximum Gasteiger partial charge on any atom is 0.136 e. The molecule has 0 bridgehead atoms. The Kier molecular flexibility index (Phi) is 11.5. The number of fused-ring (bicyclic) bond motifs is 8. The van der Waals surface area contributed by atoms with E-state index in [0.717, 1.165) is 76.5 Å². The van der Waals surface area contributed by atoms with Crippen LogP contribution >= 0.6 is 47.0 Å². The van der Waals surface area contributed by atoms with Crippen LogP contribution < -0.4 is 9.47 Å². The lowest BCUT2D eigenvalue weighted by molar-refractivity contribution is 0.283. The molecular formula is C66H42O4S4. The number of aliphatic hydroxyl groups excluding tert-OH is 2. The topological polar surface area (TPSA) is 58.9 Å². The van der Waals surface area contributed by atoms with Gasteiger partial charge in [0.1, 0.15) is 23.0 Å². The molecule has 0 fully saturated rings. The average Bonchev–Trinajstić information content (AvgIpc) is 3.47. The van der Waals surface area contributed by atoms with E-state index in [4.69, 9.17) is 9.47 Å². The lowest BCUT2D eigenvalue weighted by Crippen LogP contribution is -1.97. The van der Waals surface area contributed by atoms with Crippen LogP contribution in [-0.4, -0.2) is 10.2 Å². The summed E-state index contributed by atoms with van der Waals surface area (Å²) in [4.78, 5) is 10.1. The molecule has 2 aliphatic rings. The van der Waals surface area contributed by atoms with E-state index in [1.165, 1.54) is 50.3 Å². The van der Waals surface area contributed by atoms with E-state index in [0.29, 0.717) is 23.0 Å². The highest BCUT2D eigenvalue weighted by Gasteiger charge is 2.26. The van der Waals surface area contributed by atoms with E-state index in [9.17, 15) is 10.2 Å². The first-order chi connectivity index (χ1) is 36.6. The van der Waals surface area contributed by atoms with Crippen LogP contribution in [0.1, 0.15) is 11.1 Å². The van der Waals surface area contributed by atoms with E-state index in [1.54, 1.807) is 0 Å². The molecule has 0 radical (unpaired) electrons. The Morgan fingerprint density at radius 2 is 0.676 bits per heavy atom. The molecule has 0 aromatic heterocycles. The number of hydrogen-bond acceptors (Lipinski definition) is 8. The van der Waals surface area contributed by atoms with Gasteiger partial charge in [-0.1, -0.05) is 193 Å². The predicted molar refractivity (Wildman–Crippen MR) is 307 cm³/mol. The molecule has 74 heavy (non-hydrogen) atoms. The summed E-state index contributed by atoms with van der Waals surface area (Å²) in [6.45, 7) is -0.163. The second-order valence-corrected chi connectivity index (χ2v) is 22.6. The smallest absolute Gasteiger partial charge is 0.136 e. The Labute approximate surface area is 445 Å². The van der Waals surface area contributed by atoms with Crippen molar-refractivity contribution in [2.24, 2.45) is 0 Å². The summed E-state index contributed by atoms with van der Waals surface area (Å²) in [7, 11) is 0. The average molecular weight is 1030 g/mol. The molecule has 0 aliphatic carbocycles. The number of aliphatic hydroxyl groups is 2. The van der Waals surface area contributed by atoms with Crippen molar-refractivity contribution in [3.8, 4) is 56.4 Å². The summed E-state index contributed by atoms with van der Waals surface area (Å²) < 4.78 is 14.5. The Hall–Kier alpha value is -7.40. The van der Waals surface area contributed by atoms with Gasteiger partial charge in [0.05, 0.1) is 13.2 Å². The second-order valence-electron chi connectivity index (χ2n) is 18.4. The standard InChI is InChI=1S/C66H42O4S4/c67-37-43-27-31-53(51-13-3-1-11-45(43)51)69-55-33-25-39-35-41(49-15-9-21-61-65(49)73-59-19-7-5-17-57(59)71-61)23-29-47(39)63(55)64-48-30-24-42(50-16-10-22-62-66(50)74-60-20-8-6-18-58(60)72-62)36-40(48)26-34-56(64)70-54-32-28-44(38-68)46-12-2-4-14-52(46)54/h1-36,67-68H,37-38H2. The van der Waals surface area contributed by atoms with Crippen molar-refractivity contribution >= 4 is 90.1 Å². The van der Waals surface area contributed by atoms with Crippen LogP contribution in [0.15, 0.2) is 258 Å². The van der Waals surface area contributed by atoms with Gasteiger partial charge in [0, 0.05) is 61.1 Å². The third kappa shape index (κ3) is 7.84. The summed E-state index contributed by atoms with van der Waals surface area (Å²) in [5.74, 6) is 2.70. The van der Waals surface area contributed by atoms with Gasteiger partial charge in [0.25, 0.3) is 0 Å². The Balaban J connectivity index is 0.999. The lowest BCUT2D eigenvalue weighted by atomic mass is 9.89. The van der Waals surface area contributed by atoms with E-state index >= 15 is 0 Å². The molecule has 14 rings (SSSR count). The molecule has 12 aromatic rings. The molecule has 0 unspecified atom stereocenters. The van der Waals surface area contributed by atoms with Crippen molar-refractivity contribution in [3.63, 3.8) is 0 Å². The van der Waals surface area contributed by atoms with Crippen LogP contribution in [0.25, 0.3) is 76.5 Å². The third-order valence-corrected chi connectivity index (χ3v) is 19.3. The van der Waals surface area contributed by atoms with Crippen LogP contribution in [-0.2, 0) is 13.2 Å². The lowest BCUT2D eigenvalue weighted by Gasteiger charge is -2.23. The number of rotatable bonds is 9. The molecule has 8 heteroatoms. The van der Waals surface area contributed by atoms with E-state index in [2.05, 4.69) is 158 Å². The molecule has 0 saturated carbocycles. The van der Waals surface area contributed by atoms with Crippen LogP contribution in [0.2, 0.25) is 0 Å². The molecule has 354 valence electrons. The molecule has 12 aromatic carbocycles. The van der Waals surface area contributed by atoms with Gasteiger partial charge in [-0.3, -0.25) is 0 Å². The van der Waals surface area contributed by atoms with Gasteiger partial charge in [0.15, 0.2) is 0 Å². The van der Waals surface area contributed by atoms with Gasteiger partial charge in [-0.2, -0.15) is 0 Å². The van der Waals surface area contributed by atoms with Gasteiger partial charge < -0.3 is 19.7 Å². The molecule has 0 amide bonds. The fourth-order valence-electron chi connectivity index (χ4n) is 10.6. The van der Waals surface area contributed by atoms with E-state index in [-0.39, 0.29) is 13.2 Å². The normalized spacial score (nSPS) is 12.6. The van der Waals surface area contributed by atoms with E-state index < -0.39 is 0 Å². The Morgan fingerprint density at radius 1 is 0.297 bits per heavy atom. The minimum absolute atomic E-state index is 0.0814. The highest BCUT2D eigenvalue weighted by molar-refractivity contribution is 8.05. The van der Waals surface area contributed by atoms with Crippen molar-refractivity contribution < 1.29 is 19.7 Å². The summed E-state index contributed by atoms with van der Waals surface area (Å²) in [5, 5.41) is 28.6. The second kappa shape index (κ2) is 18.8. The summed E-state index contributed by atoms with van der Waals surface area (Å²) in [6.07, 6.45) is 0. The van der Waals surface area contributed by atoms with Gasteiger partial charge in [0.2, 0.25) is 0 Å². The molecule has 4 nitrogen and oxygen atoms in total. The maximum atomic E-state index is 10.4. The zero-order valence-electron chi connectivity index (χ0n) is 39.5. The number of ether oxygens (including phenoxy) is 2. The number of benzene rings is 12. The molecular weight excluding hydrogens is 985 g/mol. The largest absolute Gasteiger partial charge is 0.456 e. The summed E-state index contributed by atoms with van der Waals surface area (Å²) >= 11 is 7.34. The van der Waals surface area contributed by atoms with Crippen LogP contribution in [0.3, 0.4) is 0 Å². The minimum Gasteiger partial charge on any atom is -0.456 e. The zero-order valence-corrected chi connectivity index (χ0v) is 42.8. The van der Waals surface area contributed by atoms with Crippen LogP contribution in [0.4, 0.5) is 0 Å². The highest BCUT2D eigenvalue weighted by atomic mass is 32.2. The fraction of sp³-hybridized carbons (Fsp3) is 0.0303. The first kappa shape index (κ1) is 45.2. The monoisotopic (exact) mass is 1030 g/mol. The van der Waals surface area contributed by atoms with Crippen molar-refractivity contribution in [2.45, 2.75) is 52.4 Å².